The second kappa shape index (κ2) is 7.16. The first-order valence-electron chi connectivity index (χ1n) is 7.42. The minimum atomic E-state index is -0.409. The molecule has 1 saturated heterocycles. The Labute approximate surface area is 135 Å². The summed E-state index contributed by atoms with van der Waals surface area (Å²) < 4.78 is 5.33. The SMILES string of the molecule is CC(CO)(CC(=O)OCCc1cccs1)C1(C)CCCS1. The van der Waals surface area contributed by atoms with E-state index in [9.17, 15) is 9.90 Å². The standard InChI is InChI=1S/C16H24O3S2/c1-15(12-17,16(2)7-4-10-21-16)11-14(18)19-8-6-13-5-3-9-20-13/h3,5,9,17H,4,6-8,10-12H2,1-2H3. The van der Waals surface area contributed by atoms with Crippen molar-refractivity contribution in [3.05, 3.63) is 22.4 Å². The maximum absolute atomic E-state index is 12.1. The van der Waals surface area contributed by atoms with Gasteiger partial charge in [-0.15, -0.1) is 11.3 Å². The highest BCUT2D eigenvalue weighted by molar-refractivity contribution is 8.00. The molecule has 3 nitrogen and oxygen atoms in total. The average Bonchev–Trinajstić information content (AvgIpc) is 3.11. The fraction of sp³-hybridized carbons (Fsp3) is 0.688. The third-order valence-electron chi connectivity index (χ3n) is 4.57. The van der Waals surface area contributed by atoms with Gasteiger partial charge in [-0.05, 0) is 37.0 Å². The molecule has 2 rings (SSSR count). The van der Waals surface area contributed by atoms with Gasteiger partial charge in [0.1, 0.15) is 0 Å². The fourth-order valence-electron chi connectivity index (χ4n) is 2.76. The zero-order valence-electron chi connectivity index (χ0n) is 12.8. The van der Waals surface area contributed by atoms with E-state index in [1.54, 1.807) is 11.3 Å². The molecule has 0 bridgehead atoms. The molecule has 21 heavy (non-hydrogen) atoms. The van der Waals surface area contributed by atoms with Crippen LogP contribution in [0.3, 0.4) is 0 Å². The Hall–Kier alpha value is -0.520. The highest BCUT2D eigenvalue weighted by atomic mass is 32.2. The molecule has 1 aliphatic heterocycles. The molecule has 0 amide bonds. The van der Waals surface area contributed by atoms with Crippen LogP contribution in [0.15, 0.2) is 17.5 Å². The topological polar surface area (TPSA) is 46.5 Å². The Morgan fingerprint density at radius 1 is 1.57 bits per heavy atom. The third-order valence-corrected chi connectivity index (χ3v) is 7.33. The number of hydrogen-bond acceptors (Lipinski definition) is 5. The van der Waals surface area contributed by atoms with E-state index in [4.69, 9.17) is 4.74 Å². The van der Waals surface area contributed by atoms with E-state index in [0.717, 1.165) is 25.0 Å². The molecule has 0 radical (unpaired) electrons. The highest BCUT2D eigenvalue weighted by Gasteiger charge is 2.48. The first-order chi connectivity index (χ1) is 9.99. The molecule has 0 aliphatic carbocycles. The Morgan fingerprint density at radius 2 is 2.38 bits per heavy atom. The summed E-state index contributed by atoms with van der Waals surface area (Å²) in [5, 5.41) is 11.8. The van der Waals surface area contributed by atoms with Crippen molar-refractivity contribution in [3.63, 3.8) is 0 Å². The van der Waals surface area contributed by atoms with Gasteiger partial charge in [0.2, 0.25) is 0 Å². The summed E-state index contributed by atoms with van der Waals surface area (Å²) in [7, 11) is 0. The van der Waals surface area contributed by atoms with Crippen molar-refractivity contribution < 1.29 is 14.6 Å². The second-order valence-corrected chi connectivity index (χ2v) is 8.76. The lowest BCUT2D eigenvalue weighted by Gasteiger charge is -2.41. The summed E-state index contributed by atoms with van der Waals surface area (Å²) in [6, 6.07) is 4.05. The van der Waals surface area contributed by atoms with Crippen molar-refractivity contribution in [2.24, 2.45) is 5.41 Å². The molecule has 2 heterocycles. The molecule has 0 saturated carbocycles. The van der Waals surface area contributed by atoms with Gasteiger partial charge >= 0.3 is 5.97 Å². The number of rotatable bonds is 7. The molecule has 2 atom stereocenters. The third kappa shape index (κ3) is 4.02. The predicted octanol–water partition coefficient (Wildman–Crippen LogP) is 3.51. The molecule has 1 N–H and O–H groups in total. The van der Waals surface area contributed by atoms with Crippen LogP contribution in [0.25, 0.3) is 0 Å². The second-order valence-electron chi connectivity index (χ2n) is 6.13. The lowest BCUT2D eigenvalue weighted by atomic mass is 9.73. The van der Waals surface area contributed by atoms with Crippen molar-refractivity contribution in [3.8, 4) is 0 Å². The summed E-state index contributed by atoms with van der Waals surface area (Å²) >= 11 is 3.55. The number of aliphatic hydroxyl groups excluding tert-OH is 1. The van der Waals surface area contributed by atoms with E-state index < -0.39 is 5.41 Å². The first kappa shape index (κ1) is 16.8. The molecule has 5 heteroatoms. The van der Waals surface area contributed by atoms with Crippen LogP contribution in [-0.4, -0.2) is 34.8 Å². The Bertz CT molecular complexity index is 452. The van der Waals surface area contributed by atoms with Crippen molar-refractivity contribution in [1.29, 1.82) is 0 Å². The van der Waals surface area contributed by atoms with Gasteiger partial charge < -0.3 is 9.84 Å². The molecule has 1 aliphatic rings. The Kier molecular flexibility index (Phi) is 5.74. The van der Waals surface area contributed by atoms with Crippen molar-refractivity contribution in [1.82, 2.24) is 0 Å². The normalized spacial score (nSPS) is 24.7. The maximum atomic E-state index is 12.1. The van der Waals surface area contributed by atoms with Gasteiger partial charge in [0.05, 0.1) is 19.6 Å². The number of esters is 1. The number of aliphatic hydroxyl groups is 1. The van der Waals surface area contributed by atoms with E-state index >= 15 is 0 Å². The van der Waals surface area contributed by atoms with Gasteiger partial charge in [-0.25, -0.2) is 0 Å². The zero-order valence-corrected chi connectivity index (χ0v) is 14.4. The van der Waals surface area contributed by atoms with Crippen LogP contribution >= 0.6 is 23.1 Å². The minimum Gasteiger partial charge on any atom is -0.465 e. The summed E-state index contributed by atoms with van der Waals surface area (Å²) in [5.74, 6) is 0.913. The number of thioether (sulfide) groups is 1. The summed E-state index contributed by atoms with van der Waals surface area (Å²) in [6.07, 6.45) is 3.27. The summed E-state index contributed by atoms with van der Waals surface area (Å²) in [6.45, 7) is 4.62. The van der Waals surface area contributed by atoms with Crippen LogP contribution in [-0.2, 0) is 16.0 Å². The number of thiophene rings is 1. The fourth-order valence-corrected chi connectivity index (χ4v) is 4.96. The molecule has 0 aromatic carbocycles. The summed E-state index contributed by atoms with van der Waals surface area (Å²) in [4.78, 5) is 13.3. The summed E-state index contributed by atoms with van der Waals surface area (Å²) in [5.41, 5.74) is -0.409. The quantitative estimate of drug-likeness (QED) is 0.778. The average molecular weight is 328 g/mol. The van der Waals surface area contributed by atoms with Crippen LogP contribution in [0.5, 0.6) is 0 Å². The Morgan fingerprint density at radius 3 is 2.95 bits per heavy atom. The molecule has 2 unspecified atom stereocenters. The van der Waals surface area contributed by atoms with Gasteiger partial charge in [0, 0.05) is 21.5 Å². The van der Waals surface area contributed by atoms with Crippen LogP contribution in [0, 0.1) is 5.41 Å². The number of ether oxygens (including phenoxy) is 1. The van der Waals surface area contributed by atoms with Crippen LogP contribution in [0.4, 0.5) is 0 Å². The maximum Gasteiger partial charge on any atom is 0.306 e. The van der Waals surface area contributed by atoms with Gasteiger partial charge in [-0.2, -0.15) is 11.8 Å². The van der Waals surface area contributed by atoms with E-state index in [1.807, 2.05) is 36.2 Å². The van der Waals surface area contributed by atoms with Crippen LogP contribution in [0.2, 0.25) is 0 Å². The minimum absolute atomic E-state index is 0.0243. The molecule has 1 aromatic heterocycles. The van der Waals surface area contributed by atoms with E-state index in [-0.39, 0.29) is 23.7 Å². The van der Waals surface area contributed by atoms with Gasteiger partial charge in [0.15, 0.2) is 0 Å². The molecule has 0 spiro atoms. The Balaban J connectivity index is 1.84. The molecule has 1 aromatic rings. The lowest BCUT2D eigenvalue weighted by molar-refractivity contribution is -0.147. The van der Waals surface area contributed by atoms with E-state index in [2.05, 4.69) is 6.92 Å². The highest BCUT2D eigenvalue weighted by Crippen LogP contribution is 2.51. The first-order valence-corrected chi connectivity index (χ1v) is 9.28. The number of hydrogen-bond donors (Lipinski definition) is 1. The largest absolute Gasteiger partial charge is 0.465 e. The van der Waals surface area contributed by atoms with Crippen molar-refractivity contribution >= 4 is 29.1 Å². The molecule has 1 fully saturated rings. The van der Waals surface area contributed by atoms with Crippen molar-refractivity contribution in [2.45, 2.75) is 44.3 Å². The molecular weight excluding hydrogens is 304 g/mol. The van der Waals surface area contributed by atoms with E-state index in [1.165, 1.54) is 4.88 Å². The number of carbonyl (C=O) groups excluding carboxylic acids is 1. The number of carbonyl (C=O) groups is 1. The van der Waals surface area contributed by atoms with Crippen molar-refractivity contribution in [2.75, 3.05) is 19.0 Å². The molecular formula is C16H24O3S2. The molecule has 118 valence electrons. The lowest BCUT2D eigenvalue weighted by Crippen LogP contribution is -2.44. The van der Waals surface area contributed by atoms with Gasteiger partial charge in [0.25, 0.3) is 0 Å². The van der Waals surface area contributed by atoms with Gasteiger partial charge in [-0.3, -0.25) is 4.79 Å². The monoisotopic (exact) mass is 328 g/mol. The predicted molar refractivity (Wildman–Crippen MR) is 88.9 cm³/mol. The smallest absolute Gasteiger partial charge is 0.306 e. The van der Waals surface area contributed by atoms with E-state index in [0.29, 0.717) is 6.61 Å². The van der Waals surface area contributed by atoms with Crippen LogP contribution in [0.1, 0.15) is 38.0 Å². The van der Waals surface area contributed by atoms with Crippen LogP contribution < -0.4 is 0 Å². The van der Waals surface area contributed by atoms with Gasteiger partial charge in [-0.1, -0.05) is 13.0 Å². The zero-order chi connectivity index (χ0) is 15.3.